The minimum Gasteiger partial charge on any atom is -0.328 e. The smallest absolute Gasteiger partial charge is 0.0794 e. The first-order chi connectivity index (χ1) is 9.33. The number of hydrogen-bond acceptors (Lipinski definition) is 0. The molecule has 4 heteroatoms. The molecule has 0 spiro atoms. The van der Waals surface area contributed by atoms with Gasteiger partial charge >= 0.3 is 0 Å². The lowest BCUT2D eigenvalue weighted by molar-refractivity contribution is -0.891. The predicted octanol–water partition coefficient (Wildman–Crippen LogP) is 3.96. The third-order valence-electron chi connectivity index (χ3n) is 4.07. The van der Waals surface area contributed by atoms with Crippen molar-refractivity contribution in [3.63, 3.8) is 0 Å². The van der Waals surface area contributed by atoms with Gasteiger partial charge in [0.1, 0.15) is 0 Å². The predicted molar refractivity (Wildman–Crippen MR) is 92.8 cm³/mol. The number of rotatable bonds is 13. The maximum atomic E-state index is 5.77. The summed E-state index contributed by atoms with van der Waals surface area (Å²) in [6, 6.07) is 0. The van der Waals surface area contributed by atoms with E-state index in [0.29, 0.717) is 0 Å². The molecule has 0 N–H and O–H groups in total. The Morgan fingerprint density at radius 2 is 0.800 bits per heavy atom. The number of unbranched alkanes of at least 4 members (excludes halogenated alkanes) is 3. The highest BCUT2D eigenvalue weighted by molar-refractivity contribution is 6.18. The van der Waals surface area contributed by atoms with E-state index in [1.165, 1.54) is 51.9 Å². The summed E-state index contributed by atoms with van der Waals surface area (Å²) >= 11 is 11.5. The SMILES string of the molecule is C[N+](C)(CCCCl)CCCCCC[N+](C)(C)CCCCl. The average Bonchev–Trinajstić information content (AvgIpc) is 2.38. The summed E-state index contributed by atoms with van der Waals surface area (Å²) in [5.74, 6) is 1.58. The Bertz CT molecular complexity index is 207. The van der Waals surface area contributed by atoms with Gasteiger partial charge in [-0.1, -0.05) is 0 Å². The van der Waals surface area contributed by atoms with Crippen LogP contribution in [-0.4, -0.2) is 75.1 Å². The normalized spacial score (nSPS) is 12.9. The van der Waals surface area contributed by atoms with Crippen LogP contribution in [-0.2, 0) is 0 Å². The Morgan fingerprint density at radius 3 is 1.10 bits per heavy atom. The summed E-state index contributed by atoms with van der Waals surface area (Å²) in [6.45, 7) is 4.96. The van der Waals surface area contributed by atoms with Gasteiger partial charge in [0.2, 0.25) is 0 Å². The van der Waals surface area contributed by atoms with Crippen LogP contribution in [0, 0.1) is 0 Å². The van der Waals surface area contributed by atoms with Crippen molar-refractivity contribution in [1.82, 2.24) is 0 Å². The highest BCUT2D eigenvalue weighted by Crippen LogP contribution is 2.09. The molecule has 0 aliphatic heterocycles. The van der Waals surface area contributed by atoms with E-state index in [9.17, 15) is 0 Å². The van der Waals surface area contributed by atoms with E-state index in [4.69, 9.17) is 23.2 Å². The number of quaternary nitrogens is 2. The second kappa shape index (κ2) is 11.1. The third-order valence-corrected chi connectivity index (χ3v) is 4.61. The van der Waals surface area contributed by atoms with E-state index in [0.717, 1.165) is 33.6 Å². The first-order valence-electron chi connectivity index (χ1n) is 8.09. The van der Waals surface area contributed by atoms with Gasteiger partial charge < -0.3 is 8.97 Å². The highest BCUT2D eigenvalue weighted by Gasteiger charge is 2.15. The van der Waals surface area contributed by atoms with Crippen LogP contribution in [0.15, 0.2) is 0 Å². The Hall–Kier alpha value is 0.500. The maximum Gasteiger partial charge on any atom is 0.0794 e. The summed E-state index contributed by atoms with van der Waals surface area (Å²) in [4.78, 5) is 0. The van der Waals surface area contributed by atoms with Gasteiger partial charge in [-0.25, -0.2) is 0 Å². The maximum absolute atomic E-state index is 5.77. The van der Waals surface area contributed by atoms with Crippen LogP contribution < -0.4 is 0 Å². The zero-order chi connectivity index (χ0) is 15.5. The van der Waals surface area contributed by atoms with Crippen LogP contribution in [0.2, 0.25) is 0 Å². The first-order valence-corrected chi connectivity index (χ1v) is 9.16. The van der Waals surface area contributed by atoms with E-state index in [1.807, 2.05) is 0 Å². The molecule has 0 atom stereocenters. The van der Waals surface area contributed by atoms with Crippen LogP contribution in [0.5, 0.6) is 0 Å². The molecule has 0 aromatic heterocycles. The molecule has 0 aliphatic rings. The fourth-order valence-electron chi connectivity index (χ4n) is 2.63. The van der Waals surface area contributed by atoms with Crippen molar-refractivity contribution in [2.75, 3.05) is 66.1 Å². The molecule has 2 nitrogen and oxygen atoms in total. The second-order valence-corrected chi connectivity index (χ2v) is 8.02. The number of alkyl halides is 2. The topological polar surface area (TPSA) is 0 Å². The third kappa shape index (κ3) is 12.3. The average molecular weight is 327 g/mol. The highest BCUT2D eigenvalue weighted by atomic mass is 35.5. The molecular weight excluding hydrogens is 291 g/mol. The van der Waals surface area contributed by atoms with Gasteiger partial charge in [-0.05, 0) is 25.7 Å². The van der Waals surface area contributed by atoms with E-state index < -0.39 is 0 Å². The monoisotopic (exact) mass is 326 g/mol. The fraction of sp³-hybridized carbons (Fsp3) is 1.00. The summed E-state index contributed by atoms with van der Waals surface area (Å²) in [5, 5.41) is 0. The fourth-order valence-corrected chi connectivity index (χ4v) is 2.87. The summed E-state index contributed by atoms with van der Waals surface area (Å²) in [6.07, 6.45) is 7.65. The minimum atomic E-state index is 0.789. The number of hydrogen-bond donors (Lipinski definition) is 0. The van der Waals surface area contributed by atoms with Gasteiger partial charge in [-0.3, -0.25) is 0 Å². The van der Waals surface area contributed by atoms with Gasteiger partial charge in [0.25, 0.3) is 0 Å². The summed E-state index contributed by atoms with van der Waals surface area (Å²) in [7, 11) is 9.27. The molecule has 20 heavy (non-hydrogen) atoms. The van der Waals surface area contributed by atoms with Crippen LogP contribution in [0.3, 0.4) is 0 Å². The molecule has 0 aliphatic carbocycles. The zero-order valence-electron chi connectivity index (χ0n) is 14.1. The van der Waals surface area contributed by atoms with Crippen LogP contribution in [0.1, 0.15) is 38.5 Å². The van der Waals surface area contributed by atoms with E-state index in [-0.39, 0.29) is 0 Å². The zero-order valence-corrected chi connectivity index (χ0v) is 15.6. The molecule has 0 aromatic rings. The molecule has 0 fully saturated rings. The molecule has 0 amide bonds. The van der Waals surface area contributed by atoms with Gasteiger partial charge in [0, 0.05) is 24.6 Å². The van der Waals surface area contributed by atoms with E-state index >= 15 is 0 Å². The molecule has 0 aromatic carbocycles. The van der Waals surface area contributed by atoms with Gasteiger partial charge in [0.15, 0.2) is 0 Å². The molecule has 0 heterocycles. The molecule has 0 rings (SSSR count). The molecule has 0 radical (unpaired) electrons. The lowest BCUT2D eigenvalue weighted by Crippen LogP contribution is -2.41. The Labute approximate surface area is 137 Å². The van der Waals surface area contributed by atoms with Crippen LogP contribution in [0.4, 0.5) is 0 Å². The van der Waals surface area contributed by atoms with Crippen molar-refractivity contribution in [1.29, 1.82) is 0 Å². The Morgan fingerprint density at radius 1 is 0.500 bits per heavy atom. The minimum absolute atomic E-state index is 0.789. The van der Waals surface area contributed by atoms with Crippen molar-refractivity contribution >= 4 is 23.2 Å². The Balaban J connectivity index is 3.57. The standard InChI is InChI=1S/C16H36Cl2N2/c1-19(2,15-9-11-17)13-7-5-6-8-14-20(3,4)16-10-12-18/h5-16H2,1-4H3/q+2. The lowest BCUT2D eigenvalue weighted by Gasteiger charge is -2.30. The second-order valence-electron chi connectivity index (χ2n) is 7.27. The lowest BCUT2D eigenvalue weighted by atomic mass is 10.1. The largest absolute Gasteiger partial charge is 0.328 e. The van der Waals surface area contributed by atoms with E-state index in [2.05, 4.69) is 28.2 Å². The van der Waals surface area contributed by atoms with Crippen molar-refractivity contribution in [2.24, 2.45) is 0 Å². The van der Waals surface area contributed by atoms with Crippen LogP contribution >= 0.6 is 23.2 Å². The van der Waals surface area contributed by atoms with Gasteiger partial charge in [-0.2, -0.15) is 0 Å². The van der Waals surface area contributed by atoms with Crippen LogP contribution in [0.25, 0.3) is 0 Å². The molecule has 0 bridgehead atoms. The molecule has 0 unspecified atom stereocenters. The summed E-state index contributed by atoms with van der Waals surface area (Å²) in [5.41, 5.74) is 0. The Kier molecular flexibility index (Phi) is 11.4. The van der Waals surface area contributed by atoms with Crippen molar-refractivity contribution < 1.29 is 8.97 Å². The first kappa shape index (κ1) is 20.5. The molecule has 122 valence electrons. The number of nitrogens with zero attached hydrogens (tertiary/aromatic N) is 2. The van der Waals surface area contributed by atoms with Crippen molar-refractivity contribution in [3.05, 3.63) is 0 Å². The number of halogens is 2. The molecular formula is C16H36Cl2N2+2. The van der Waals surface area contributed by atoms with Gasteiger partial charge in [0.05, 0.1) is 54.4 Å². The summed E-state index contributed by atoms with van der Waals surface area (Å²) < 4.78 is 2.23. The molecule has 0 saturated heterocycles. The van der Waals surface area contributed by atoms with E-state index in [1.54, 1.807) is 0 Å². The van der Waals surface area contributed by atoms with Crippen molar-refractivity contribution in [2.45, 2.75) is 38.5 Å². The molecule has 0 saturated carbocycles. The quantitative estimate of drug-likeness (QED) is 0.273. The van der Waals surface area contributed by atoms with Crippen molar-refractivity contribution in [3.8, 4) is 0 Å². The van der Waals surface area contributed by atoms with Gasteiger partial charge in [-0.15, -0.1) is 23.2 Å².